The van der Waals surface area contributed by atoms with Crippen LogP contribution in [0.25, 0.3) is 0 Å². The van der Waals surface area contributed by atoms with Gasteiger partial charge in [0.15, 0.2) is 11.5 Å². The Morgan fingerprint density at radius 1 is 0.977 bits per heavy atom. The number of nitrogens with zero attached hydrogens (tertiary/aromatic N) is 5. The number of hydrogen-bond acceptors (Lipinski definition) is 10. The summed E-state index contributed by atoms with van der Waals surface area (Å²) >= 11 is 22.2. The molecule has 10 nitrogen and oxygen atoms in total. The molecule has 44 heavy (non-hydrogen) atoms. The van der Waals surface area contributed by atoms with Gasteiger partial charge in [-0.25, -0.2) is 5.43 Å². The monoisotopic (exact) mass is 741 g/mol. The van der Waals surface area contributed by atoms with Crippen LogP contribution in [0.5, 0.6) is 11.5 Å². The Morgan fingerprint density at radius 2 is 1.75 bits per heavy atom. The minimum atomic E-state index is 0. The molecule has 1 fully saturated rings. The van der Waals surface area contributed by atoms with Gasteiger partial charge in [-0.05, 0) is 76.4 Å². The number of rotatable bonds is 10. The predicted molar refractivity (Wildman–Crippen MR) is 182 cm³/mol. The highest BCUT2D eigenvalue weighted by Crippen LogP contribution is 2.32. The molecule has 2 N–H and O–H groups in total. The molecule has 5 rings (SSSR count). The number of ether oxygens (including phenoxy) is 3. The van der Waals surface area contributed by atoms with E-state index < -0.39 is 0 Å². The molecule has 1 saturated heterocycles. The SMILES string of the molecule is COc1cc(/C=N/Nc2nc(Nc3cc(Cl)c(C)cc3Br)nc(N3CCOCC3)n2)ccc1OCc1ccc(Cl)cc1Cl.Cl. The molecule has 4 aromatic rings. The summed E-state index contributed by atoms with van der Waals surface area (Å²) in [5.74, 6) is 2.19. The second kappa shape index (κ2) is 15.8. The molecule has 0 unspecified atom stereocenters. The van der Waals surface area contributed by atoms with Crippen molar-refractivity contribution in [1.29, 1.82) is 0 Å². The molecule has 3 aromatic carbocycles. The Bertz CT molecular complexity index is 1640. The number of methoxy groups -OCH3 is 1. The Balaban J connectivity index is 0.00000442. The van der Waals surface area contributed by atoms with Crippen molar-refractivity contribution in [2.75, 3.05) is 49.1 Å². The molecular weight excluding hydrogens is 716 g/mol. The Hall–Kier alpha value is -3.06. The number of benzene rings is 3. The third-order valence-electron chi connectivity index (χ3n) is 6.38. The third kappa shape index (κ3) is 8.77. The first-order valence-electron chi connectivity index (χ1n) is 13.1. The molecule has 0 saturated carbocycles. The van der Waals surface area contributed by atoms with Gasteiger partial charge in [0.2, 0.25) is 17.8 Å². The molecule has 1 aliphatic heterocycles. The first-order chi connectivity index (χ1) is 20.8. The minimum Gasteiger partial charge on any atom is -0.493 e. The van der Waals surface area contributed by atoms with Gasteiger partial charge in [0.05, 0.1) is 32.2 Å². The number of hydrazone groups is 1. The summed E-state index contributed by atoms with van der Waals surface area (Å²) in [6, 6.07) is 14.5. The van der Waals surface area contributed by atoms with Crippen molar-refractivity contribution in [1.82, 2.24) is 15.0 Å². The predicted octanol–water partition coefficient (Wildman–Crippen LogP) is 7.94. The Morgan fingerprint density at radius 3 is 2.50 bits per heavy atom. The van der Waals surface area contributed by atoms with E-state index in [4.69, 9.17) is 49.0 Å². The van der Waals surface area contributed by atoms with Gasteiger partial charge < -0.3 is 24.4 Å². The molecule has 0 atom stereocenters. The molecule has 0 bridgehead atoms. The first kappa shape index (κ1) is 33.8. The summed E-state index contributed by atoms with van der Waals surface area (Å²) in [5.41, 5.74) is 6.16. The highest BCUT2D eigenvalue weighted by molar-refractivity contribution is 9.10. The first-order valence-corrected chi connectivity index (χ1v) is 15.1. The van der Waals surface area contributed by atoms with Gasteiger partial charge in [0, 0.05) is 38.2 Å². The highest BCUT2D eigenvalue weighted by Gasteiger charge is 2.17. The summed E-state index contributed by atoms with van der Waals surface area (Å²) in [5, 5.41) is 9.30. The number of aromatic nitrogens is 3. The average Bonchev–Trinajstić information content (AvgIpc) is 3.00. The summed E-state index contributed by atoms with van der Waals surface area (Å²) in [6.07, 6.45) is 1.63. The van der Waals surface area contributed by atoms with E-state index in [1.807, 2.05) is 42.2 Å². The van der Waals surface area contributed by atoms with Crippen LogP contribution in [0.4, 0.5) is 23.5 Å². The summed E-state index contributed by atoms with van der Waals surface area (Å²) in [4.78, 5) is 15.8. The van der Waals surface area contributed by atoms with Crippen LogP contribution >= 0.6 is 63.1 Å². The number of morpholine rings is 1. The lowest BCUT2D eigenvalue weighted by molar-refractivity contribution is 0.122. The van der Waals surface area contributed by atoms with Gasteiger partial charge in [-0.15, -0.1) is 12.4 Å². The maximum atomic E-state index is 6.36. The van der Waals surface area contributed by atoms with E-state index in [0.717, 1.165) is 26.9 Å². The largest absolute Gasteiger partial charge is 0.493 e. The summed E-state index contributed by atoms with van der Waals surface area (Å²) < 4.78 is 17.8. The number of halogens is 5. The maximum absolute atomic E-state index is 6.36. The molecule has 2 heterocycles. The fourth-order valence-electron chi connectivity index (χ4n) is 4.08. The van der Waals surface area contributed by atoms with E-state index in [2.05, 4.69) is 46.7 Å². The zero-order chi connectivity index (χ0) is 30.3. The molecule has 0 aliphatic carbocycles. The van der Waals surface area contributed by atoms with Crippen molar-refractivity contribution in [2.24, 2.45) is 5.10 Å². The van der Waals surface area contributed by atoms with Gasteiger partial charge in [-0.1, -0.05) is 40.9 Å². The fraction of sp³-hybridized carbons (Fsp3) is 0.241. The zero-order valence-corrected chi connectivity index (χ0v) is 28.3. The van der Waals surface area contributed by atoms with E-state index in [1.54, 1.807) is 31.5 Å². The molecule has 0 radical (unpaired) electrons. The van der Waals surface area contributed by atoms with Crippen LogP contribution in [-0.2, 0) is 11.3 Å². The van der Waals surface area contributed by atoms with E-state index in [9.17, 15) is 0 Å². The van der Waals surface area contributed by atoms with E-state index in [1.165, 1.54) is 0 Å². The highest BCUT2D eigenvalue weighted by atomic mass is 79.9. The lowest BCUT2D eigenvalue weighted by Gasteiger charge is -2.27. The molecule has 0 amide bonds. The van der Waals surface area contributed by atoms with Crippen LogP contribution in [0.2, 0.25) is 15.1 Å². The minimum absolute atomic E-state index is 0. The van der Waals surface area contributed by atoms with Gasteiger partial charge >= 0.3 is 0 Å². The van der Waals surface area contributed by atoms with Crippen LogP contribution in [0.15, 0.2) is 58.1 Å². The van der Waals surface area contributed by atoms with Crippen molar-refractivity contribution in [3.63, 3.8) is 0 Å². The van der Waals surface area contributed by atoms with Crippen LogP contribution in [0, 0.1) is 6.92 Å². The molecule has 1 aliphatic rings. The van der Waals surface area contributed by atoms with E-state index in [-0.39, 0.29) is 25.0 Å². The smallest absolute Gasteiger partial charge is 0.250 e. The van der Waals surface area contributed by atoms with E-state index in [0.29, 0.717) is 64.8 Å². The topological polar surface area (TPSA) is 106 Å². The van der Waals surface area contributed by atoms with Crippen molar-refractivity contribution < 1.29 is 14.2 Å². The van der Waals surface area contributed by atoms with E-state index >= 15 is 0 Å². The summed E-state index contributed by atoms with van der Waals surface area (Å²) in [7, 11) is 1.57. The maximum Gasteiger partial charge on any atom is 0.250 e. The van der Waals surface area contributed by atoms with Gasteiger partial charge in [0.25, 0.3) is 0 Å². The molecule has 1 aromatic heterocycles. The Labute approximate surface area is 284 Å². The normalized spacial score (nSPS) is 13.0. The number of aryl methyl sites for hydroxylation is 1. The lowest BCUT2D eigenvalue weighted by atomic mass is 10.2. The lowest BCUT2D eigenvalue weighted by Crippen LogP contribution is -2.37. The average molecular weight is 744 g/mol. The zero-order valence-electron chi connectivity index (χ0n) is 23.6. The van der Waals surface area contributed by atoms with Crippen molar-refractivity contribution in [3.05, 3.63) is 84.8 Å². The summed E-state index contributed by atoms with van der Waals surface area (Å²) in [6.45, 7) is 4.68. The van der Waals surface area contributed by atoms with Gasteiger partial charge in [-0.2, -0.15) is 20.1 Å². The van der Waals surface area contributed by atoms with Crippen molar-refractivity contribution >= 4 is 92.9 Å². The van der Waals surface area contributed by atoms with Crippen LogP contribution in [0.1, 0.15) is 16.7 Å². The Kier molecular flexibility index (Phi) is 12.1. The fourth-order valence-corrected chi connectivity index (χ4v) is 5.26. The quantitative estimate of drug-likeness (QED) is 0.124. The number of nitrogens with one attached hydrogen (secondary N) is 2. The molecular formula is C29H28BrCl4N7O3. The van der Waals surface area contributed by atoms with Crippen molar-refractivity contribution in [3.8, 4) is 11.5 Å². The number of anilines is 4. The van der Waals surface area contributed by atoms with Crippen molar-refractivity contribution in [2.45, 2.75) is 13.5 Å². The standard InChI is InChI=1S/C29H27BrCl3N7O3.ClH/c1-17-11-21(30)24(14-22(17)32)35-27-36-28(38-29(37-27)40-7-9-42-10-8-40)39-34-15-18-3-6-25(26(12-18)41-2)43-16-19-4-5-20(31)13-23(19)33;/h3-6,11-15H,7-10,16H2,1-2H3,(H2,35,36,37,38,39);1H/b34-15+;. The molecule has 0 spiro atoms. The third-order valence-corrected chi connectivity index (χ3v) is 8.03. The number of hydrogen-bond donors (Lipinski definition) is 2. The molecule has 15 heteroatoms. The van der Waals surface area contributed by atoms with Gasteiger partial charge in [-0.3, -0.25) is 0 Å². The van der Waals surface area contributed by atoms with Crippen LogP contribution < -0.4 is 25.1 Å². The second-order valence-corrected chi connectivity index (χ2v) is 11.5. The van der Waals surface area contributed by atoms with Crippen LogP contribution in [-0.4, -0.2) is 54.6 Å². The molecule has 232 valence electrons. The van der Waals surface area contributed by atoms with Crippen LogP contribution in [0.3, 0.4) is 0 Å². The van der Waals surface area contributed by atoms with Gasteiger partial charge in [0.1, 0.15) is 6.61 Å². The second-order valence-electron chi connectivity index (χ2n) is 9.39.